The molecule has 0 aliphatic heterocycles. The number of nitrogens with two attached hydrogens (primary N) is 1. The molecule has 1 heterocycles. The highest BCUT2D eigenvalue weighted by molar-refractivity contribution is 9.10. The second kappa shape index (κ2) is 6.21. The largest absolute Gasteiger partial charge is 0.321 e. The summed E-state index contributed by atoms with van der Waals surface area (Å²) in [4.78, 5) is 16.2. The Kier molecular flexibility index (Phi) is 4.59. The molecule has 4 N–H and O–H groups in total. The third-order valence-electron chi connectivity index (χ3n) is 2.64. The smallest absolute Gasteiger partial charge is 0.275 e. The van der Waals surface area contributed by atoms with Crippen LogP contribution in [0.1, 0.15) is 16.1 Å². The quantitative estimate of drug-likeness (QED) is 0.583. The van der Waals surface area contributed by atoms with E-state index in [1.807, 2.05) is 19.1 Å². The van der Waals surface area contributed by atoms with Crippen molar-refractivity contribution in [3.05, 3.63) is 51.1 Å². The molecule has 0 bridgehead atoms. The second-order valence-electron chi connectivity index (χ2n) is 4.09. The molecule has 0 saturated heterocycles. The molecule has 0 aliphatic carbocycles. The third-order valence-corrected chi connectivity index (χ3v) is 3.80. The zero-order valence-electron chi connectivity index (χ0n) is 10.6. The number of hydrogen-bond acceptors (Lipinski definition) is 4. The van der Waals surface area contributed by atoms with Gasteiger partial charge in [-0.05, 0) is 36.8 Å². The number of carbonyl (C=O) groups excluding carboxylic acids is 1. The van der Waals surface area contributed by atoms with Crippen molar-refractivity contribution in [3.63, 3.8) is 0 Å². The van der Waals surface area contributed by atoms with Crippen LogP contribution in [0.15, 0.2) is 34.8 Å². The van der Waals surface area contributed by atoms with Crippen LogP contribution in [0.25, 0.3) is 0 Å². The monoisotopic (exact) mass is 354 g/mol. The van der Waals surface area contributed by atoms with Gasteiger partial charge in [0.15, 0.2) is 0 Å². The molecule has 1 aromatic carbocycles. The molecule has 1 aromatic heterocycles. The summed E-state index contributed by atoms with van der Waals surface area (Å²) in [6, 6.07) is 8.65. The van der Waals surface area contributed by atoms with Crippen molar-refractivity contribution >= 4 is 44.9 Å². The predicted octanol–water partition coefficient (Wildman–Crippen LogP) is 3.34. The van der Waals surface area contributed by atoms with Gasteiger partial charge in [0, 0.05) is 10.2 Å². The van der Waals surface area contributed by atoms with Gasteiger partial charge < -0.3 is 10.7 Å². The zero-order chi connectivity index (χ0) is 14.7. The number of carbonyl (C=O) groups is 1. The van der Waals surface area contributed by atoms with Gasteiger partial charge in [-0.1, -0.05) is 33.6 Å². The van der Waals surface area contributed by atoms with E-state index in [9.17, 15) is 4.79 Å². The summed E-state index contributed by atoms with van der Waals surface area (Å²) in [6.07, 6.45) is 0. The van der Waals surface area contributed by atoms with Crippen LogP contribution in [-0.2, 0) is 0 Å². The Morgan fingerprint density at radius 2 is 2.10 bits per heavy atom. The Balaban J connectivity index is 2.25. The van der Waals surface area contributed by atoms with Crippen LogP contribution >= 0.6 is 27.5 Å². The number of pyridine rings is 1. The number of nitrogens with one attached hydrogen (secondary N) is 2. The summed E-state index contributed by atoms with van der Waals surface area (Å²) < 4.78 is 0.909. The van der Waals surface area contributed by atoms with Crippen LogP contribution in [0.4, 0.5) is 11.5 Å². The molecule has 0 radical (unpaired) electrons. The molecule has 0 atom stereocenters. The lowest BCUT2D eigenvalue weighted by Crippen LogP contribution is -2.16. The molecule has 0 saturated carbocycles. The number of anilines is 2. The van der Waals surface area contributed by atoms with Crippen LogP contribution < -0.4 is 16.6 Å². The molecule has 1 amide bonds. The number of rotatable bonds is 3. The number of nitrogen functional groups attached to an aromatic ring is 1. The van der Waals surface area contributed by atoms with Gasteiger partial charge in [0.05, 0.1) is 5.02 Å². The van der Waals surface area contributed by atoms with E-state index < -0.39 is 5.91 Å². The van der Waals surface area contributed by atoms with E-state index in [1.165, 1.54) is 0 Å². The van der Waals surface area contributed by atoms with Crippen LogP contribution in [0.5, 0.6) is 0 Å². The number of hydrogen-bond donors (Lipinski definition) is 3. The van der Waals surface area contributed by atoms with Gasteiger partial charge in [-0.25, -0.2) is 10.8 Å². The van der Waals surface area contributed by atoms with Gasteiger partial charge in [-0.2, -0.15) is 0 Å². The Morgan fingerprint density at radius 1 is 1.35 bits per heavy atom. The maximum Gasteiger partial charge on any atom is 0.275 e. The van der Waals surface area contributed by atoms with Crippen molar-refractivity contribution in [1.29, 1.82) is 0 Å². The molecule has 5 nitrogen and oxygen atoms in total. The van der Waals surface area contributed by atoms with E-state index in [0.29, 0.717) is 11.5 Å². The number of nitrogens with zero attached hydrogens (tertiary/aromatic N) is 1. The standard InChI is InChI=1S/C13H12BrClN4O/c1-7-2-3-8(6-9(7)14)17-13(20)12-10(15)4-5-11(18-12)19-16/h2-6H,16H2,1H3,(H,17,20)(H,18,19). The Bertz CT molecular complexity index is 663. The lowest BCUT2D eigenvalue weighted by molar-refractivity contribution is 0.102. The molecule has 2 rings (SSSR count). The first-order chi connectivity index (χ1) is 9.51. The first-order valence-corrected chi connectivity index (χ1v) is 6.89. The van der Waals surface area contributed by atoms with E-state index >= 15 is 0 Å². The highest BCUT2D eigenvalue weighted by atomic mass is 79.9. The topological polar surface area (TPSA) is 80.0 Å². The summed E-state index contributed by atoms with van der Waals surface area (Å²) in [5.41, 5.74) is 4.21. The third kappa shape index (κ3) is 3.27. The van der Waals surface area contributed by atoms with Crippen molar-refractivity contribution in [3.8, 4) is 0 Å². The number of halogens is 2. The van der Waals surface area contributed by atoms with Gasteiger partial charge in [0.25, 0.3) is 5.91 Å². The Labute approximate surface area is 129 Å². The van der Waals surface area contributed by atoms with Gasteiger partial charge in [-0.3, -0.25) is 4.79 Å². The number of aromatic nitrogens is 1. The number of benzene rings is 1. The summed E-state index contributed by atoms with van der Waals surface area (Å²) >= 11 is 9.38. The van der Waals surface area contributed by atoms with E-state index in [1.54, 1.807) is 18.2 Å². The molecule has 0 aliphatic rings. The van der Waals surface area contributed by atoms with Gasteiger partial charge in [-0.15, -0.1) is 0 Å². The van der Waals surface area contributed by atoms with Crippen LogP contribution in [0.3, 0.4) is 0 Å². The number of aryl methyl sites for hydroxylation is 1. The predicted molar refractivity (Wildman–Crippen MR) is 83.9 cm³/mol. The van der Waals surface area contributed by atoms with Crippen molar-refractivity contribution in [1.82, 2.24) is 4.98 Å². The highest BCUT2D eigenvalue weighted by Crippen LogP contribution is 2.22. The van der Waals surface area contributed by atoms with Crippen molar-refractivity contribution in [2.24, 2.45) is 5.84 Å². The van der Waals surface area contributed by atoms with Crippen LogP contribution in [0, 0.1) is 6.92 Å². The fourth-order valence-corrected chi connectivity index (χ4v) is 2.11. The zero-order valence-corrected chi connectivity index (χ0v) is 12.9. The van der Waals surface area contributed by atoms with E-state index in [-0.39, 0.29) is 10.7 Å². The second-order valence-corrected chi connectivity index (χ2v) is 5.35. The van der Waals surface area contributed by atoms with Gasteiger partial charge >= 0.3 is 0 Å². The van der Waals surface area contributed by atoms with Crippen LogP contribution in [-0.4, -0.2) is 10.9 Å². The molecule has 0 unspecified atom stereocenters. The lowest BCUT2D eigenvalue weighted by Gasteiger charge is -2.09. The average molecular weight is 356 g/mol. The first-order valence-electron chi connectivity index (χ1n) is 5.72. The molecular weight excluding hydrogens is 344 g/mol. The molecule has 2 aromatic rings. The SMILES string of the molecule is Cc1ccc(NC(=O)c2nc(NN)ccc2Cl)cc1Br. The molecule has 7 heteroatoms. The normalized spacial score (nSPS) is 10.2. The minimum Gasteiger partial charge on any atom is -0.321 e. The average Bonchev–Trinajstić information content (AvgIpc) is 2.43. The fraction of sp³-hybridized carbons (Fsp3) is 0.0769. The summed E-state index contributed by atoms with van der Waals surface area (Å²) in [7, 11) is 0. The summed E-state index contributed by atoms with van der Waals surface area (Å²) in [6.45, 7) is 1.96. The van der Waals surface area contributed by atoms with Gasteiger partial charge in [0.2, 0.25) is 0 Å². The number of amides is 1. The number of hydrazine groups is 1. The van der Waals surface area contributed by atoms with Crippen molar-refractivity contribution in [2.75, 3.05) is 10.7 Å². The summed E-state index contributed by atoms with van der Waals surface area (Å²) in [5.74, 6) is 5.23. The first kappa shape index (κ1) is 14.8. The summed E-state index contributed by atoms with van der Waals surface area (Å²) in [5, 5.41) is 2.99. The molecule has 0 fully saturated rings. The van der Waals surface area contributed by atoms with Crippen LogP contribution in [0.2, 0.25) is 5.02 Å². The van der Waals surface area contributed by atoms with E-state index in [0.717, 1.165) is 10.0 Å². The molecule has 20 heavy (non-hydrogen) atoms. The minimum atomic E-state index is -0.400. The molecule has 104 valence electrons. The molecule has 0 spiro atoms. The van der Waals surface area contributed by atoms with E-state index in [2.05, 4.69) is 31.7 Å². The maximum atomic E-state index is 12.2. The van der Waals surface area contributed by atoms with E-state index in [4.69, 9.17) is 17.4 Å². The van der Waals surface area contributed by atoms with Crippen molar-refractivity contribution in [2.45, 2.75) is 6.92 Å². The fourth-order valence-electron chi connectivity index (χ4n) is 1.54. The van der Waals surface area contributed by atoms with Gasteiger partial charge in [0.1, 0.15) is 11.5 Å². The maximum absolute atomic E-state index is 12.2. The Hall–Kier alpha value is -1.63. The molecular formula is C13H12BrClN4O. The lowest BCUT2D eigenvalue weighted by atomic mass is 10.2. The van der Waals surface area contributed by atoms with Crippen molar-refractivity contribution < 1.29 is 4.79 Å². The Morgan fingerprint density at radius 3 is 2.75 bits per heavy atom. The minimum absolute atomic E-state index is 0.110. The highest BCUT2D eigenvalue weighted by Gasteiger charge is 2.13.